The molecule has 0 N–H and O–H groups in total. The summed E-state index contributed by atoms with van der Waals surface area (Å²) in [6, 6.07) is 0. The van der Waals surface area contributed by atoms with Crippen LogP contribution in [-0.2, 0) is 14.2 Å². The highest BCUT2D eigenvalue weighted by atomic mass is 35.5. The van der Waals surface area contributed by atoms with E-state index in [1.54, 1.807) is 0 Å². The lowest BCUT2D eigenvalue weighted by atomic mass is 9.92. The van der Waals surface area contributed by atoms with Gasteiger partial charge < -0.3 is 14.2 Å². The highest BCUT2D eigenvalue weighted by Crippen LogP contribution is 2.35. The number of hydrogen-bond donors (Lipinski definition) is 0. The largest absolute Gasteiger partial charge is 0.327 e. The first-order valence-electron chi connectivity index (χ1n) is 11.7. The van der Waals surface area contributed by atoms with Gasteiger partial charge in [-0.1, -0.05) is 72.6 Å². The van der Waals surface area contributed by atoms with Crippen LogP contribution in [0.1, 0.15) is 111 Å². The van der Waals surface area contributed by atoms with Crippen LogP contribution in [0, 0.1) is 5.92 Å². The lowest BCUT2D eigenvalue weighted by Crippen LogP contribution is -2.47. The molecule has 0 aromatic heterocycles. The van der Waals surface area contributed by atoms with Gasteiger partial charge in [0.15, 0.2) is 0 Å². The SMILES string of the molecule is CCCCCCCCC(CCCCCl)C(OCCC)(OCCC)OCCC. The van der Waals surface area contributed by atoms with E-state index in [9.17, 15) is 0 Å². The van der Waals surface area contributed by atoms with Crippen LogP contribution in [0.4, 0.5) is 0 Å². The summed E-state index contributed by atoms with van der Waals surface area (Å²) in [4.78, 5) is 0. The molecular weight excluding hydrogens is 360 g/mol. The van der Waals surface area contributed by atoms with E-state index >= 15 is 0 Å². The zero-order chi connectivity index (χ0) is 20.2. The third-order valence-electron chi connectivity index (χ3n) is 4.86. The first-order valence-corrected chi connectivity index (χ1v) is 12.2. The van der Waals surface area contributed by atoms with Crippen molar-refractivity contribution in [1.29, 1.82) is 0 Å². The molecule has 1 unspecified atom stereocenters. The Morgan fingerprint density at radius 2 is 1.04 bits per heavy atom. The van der Waals surface area contributed by atoms with Gasteiger partial charge in [0.25, 0.3) is 5.97 Å². The van der Waals surface area contributed by atoms with E-state index in [2.05, 4.69) is 27.7 Å². The molecule has 0 aromatic rings. The molecule has 0 aromatic carbocycles. The average Bonchev–Trinajstić information content (AvgIpc) is 2.69. The molecule has 0 radical (unpaired) electrons. The van der Waals surface area contributed by atoms with Crippen LogP contribution in [0.25, 0.3) is 0 Å². The number of unbranched alkanes of at least 4 members (excludes halogenated alkanes) is 6. The standard InChI is InChI=1S/C23H47ClO3/c1-5-9-10-11-12-13-16-22(17-14-15-18-24)23(25-19-6-2,26-20-7-3)27-21-8-4/h22H,5-21H2,1-4H3. The molecule has 27 heavy (non-hydrogen) atoms. The van der Waals surface area contributed by atoms with Crippen molar-refractivity contribution >= 4 is 11.6 Å². The van der Waals surface area contributed by atoms with Crippen LogP contribution < -0.4 is 0 Å². The van der Waals surface area contributed by atoms with Crippen LogP contribution >= 0.6 is 11.6 Å². The van der Waals surface area contributed by atoms with Crippen LogP contribution in [0.15, 0.2) is 0 Å². The van der Waals surface area contributed by atoms with Crippen molar-refractivity contribution in [2.45, 2.75) is 117 Å². The molecular formula is C23H47ClO3. The molecule has 0 aliphatic heterocycles. The lowest BCUT2D eigenvalue weighted by molar-refractivity contribution is -0.406. The number of hydrogen-bond acceptors (Lipinski definition) is 3. The summed E-state index contributed by atoms with van der Waals surface area (Å²) >= 11 is 5.93. The van der Waals surface area contributed by atoms with Crippen LogP contribution in [0.3, 0.4) is 0 Å². The van der Waals surface area contributed by atoms with Crippen LogP contribution in [0.5, 0.6) is 0 Å². The van der Waals surface area contributed by atoms with Gasteiger partial charge in [-0.3, -0.25) is 0 Å². The maximum atomic E-state index is 6.29. The van der Waals surface area contributed by atoms with Gasteiger partial charge in [0.05, 0.1) is 19.8 Å². The Hall–Kier alpha value is 0.170. The highest BCUT2D eigenvalue weighted by molar-refractivity contribution is 6.17. The second kappa shape index (κ2) is 19.5. The molecule has 0 spiro atoms. The maximum absolute atomic E-state index is 6.29. The molecule has 0 aliphatic carbocycles. The predicted octanol–water partition coefficient (Wildman–Crippen LogP) is 7.70. The fraction of sp³-hybridized carbons (Fsp3) is 1.00. The predicted molar refractivity (Wildman–Crippen MR) is 118 cm³/mol. The molecule has 0 bridgehead atoms. The van der Waals surface area contributed by atoms with Gasteiger partial charge in [0, 0.05) is 11.8 Å². The molecule has 0 fully saturated rings. The van der Waals surface area contributed by atoms with Crippen LogP contribution in [-0.4, -0.2) is 31.7 Å². The minimum absolute atomic E-state index is 0.275. The molecule has 4 heteroatoms. The zero-order valence-electron chi connectivity index (χ0n) is 18.7. The summed E-state index contributed by atoms with van der Waals surface area (Å²) in [6.45, 7) is 10.7. The maximum Gasteiger partial charge on any atom is 0.285 e. The zero-order valence-corrected chi connectivity index (χ0v) is 19.5. The number of halogens is 1. The summed E-state index contributed by atoms with van der Waals surface area (Å²) in [6.07, 6.45) is 15.0. The van der Waals surface area contributed by atoms with E-state index in [4.69, 9.17) is 25.8 Å². The Balaban J connectivity index is 5.04. The monoisotopic (exact) mass is 406 g/mol. The molecule has 0 aliphatic rings. The first-order chi connectivity index (χ1) is 13.2. The van der Waals surface area contributed by atoms with Crippen molar-refractivity contribution in [3.63, 3.8) is 0 Å². The molecule has 164 valence electrons. The van der Waals surface area contributed by atoms with Gasteiger partial charge >= 0.3 is 0 Å². The fourth-order valence-corrected chi connectivity index (χ4v) is 3.55. The van der Waals surface area contributed by atoms with E-state index in [-0.39, 0.29) is 5.92 Å². The summed E-state index contributed by atoms with van der Waals surface area (Å²) in [5, 5.41) is 0. The smallest absolute Gasteiger partial charge is 0.285 e. The van der Waals surface area contributed by atoms with Crippen molar-refractivity contribution in [3.05, 3.63) is 0 Å². The Labute approximate surface area is 174 Å². The number of alkyl halides is 1. The topological polar surface area (TPSA) is 27.7 Å². The Morgan fingerprint density at radius 1 is 0.593 bits per heavy atom. The second-order valence-corrected chi connectivity index (χ2v) is 7.97. The second-order valence-electron chi connectivity index (χ2n) is 7.59. The quantitative estimate of drug-likeness (QED) is 0.111. The van der Waals surface area contributed by atoms with Crippen molar-refractivity contribution in [2.75, 3.05) is 25.7 Å². The Bertz CT molecular complexity index is 278. The third-order valence-corrected chi connectivity index (χ3v) is 5.13. The van der Waals surface area contributed by atoms with E-state index in [1.165, 1.54) is 38.5 Å². The minimum atomic E-state index is -0.877. The normalized spacial score (nSPS) is 13.2. The van der Waals surface area contributed by atoms with Gasteiger partial charge in [-0.05, 0) is 38.5 Å². The fourth-order valence-electron chi connectivity index (χ4n) is 3.37. The summed E-state index contributed by atoms with van der Waals surface area (Å²) < 4.78 is 18.9. The van der Waals surface area contributed by atoms with Crippen molar-refractivity contribution in [1.82, 2.24) is 0 Å². The van der Waals surface area contributed by atoms with Gasteiger partial charge in [-0.15, -0.1) is 11.6 Å². The van der Waals surface area contributed by atoms with Gasteiger partial charge in [0.2, 0.25) is 0 Å². The van der Waals surface area contributed by atoms with E-state index in [0.29, 0.717) is 19.8 Å². The molecule has 3 nitrogen and oxygen atoms in total. The number of rotatable bonds is 21. The van der Waals surface area contributed by atoms with Crippen molar-refractivity contribution < 1.29 is 14.2 Å². The summed E-state index contributed by atoms with van der Waals surface area (Å²) in [5.41, 5.74) is 0. The van der Waals surface area contributed by atoms with Gasteiger partial charge in [0.1, 0.15) is 0 Å². The molecule has 0 saturated carbocycles. The summed E-state index contributed by atoms with van der Waals surface area (Å²) in [5.74, 6) is 0.118. The molecule has 0 rings (SSSR count). The molecule has 0 saturated heterocycles. The molecule has 1 atom stereocenters. The van der Waals surface area contributed by atoms with Gasteiger partial charge in [-0.25, -0.2) is 0 Å². The van der Waals surface area contributed by atoms with Crippen molar-refractivity contribution in [2.24, 2.45) is 5.92 Å². The van der Waals surface area contributed by atoms with Crippen LogP contribution in [0.2, 0.25) is 0 Å². The Kier molecular flexibility index (Phi) is 19.6. The third kappa shape index (κ3) is 13.1. The Morgan fingerprint density at radius 3 is 1.48 bits per heavy atom. The first kappa shape index (κ1) is 27.2. The van der Waals surface area contributed by atoms with Crippen molar-refractivity contribution in [3.8, 4) is 0 Å². The highest BCUT2D eigenvalue weighted by Gasteiger charge is 2.41. The minimum Gasteiger partial charge on any atom is -0.327 e. The van der Waals surface area contributed by atoms with E-state index < -0.39 is 5.97 Å². The lowest BCUT2D eigenvalue weighted by Gasteiger charge is -2.40. The number of ether oxygens (including phenoxy) is 3. The van der Waals surface area contributed by atoms with E-state index in [1.807, 2.05) is 0 Å². The van der Waals surface area contributed by atoms with E-state index in [0.717, 1.165) is 50.8 Å². The molecule has 0 heterocycles. The molecule has 0 amide bonds. The average molecular weight is 407 g/mol. The van der Waals surface area contributed by atoms with Gasteiger partial charge in [-0.2, -0.15) is 0 Å². The summed E-state index contributed by atoms with van der Waals surface area (Å²) in [7, 11) is 0.